The molecule has 112 valence electrons. The van der Waals surface area contributed by atoms with E-state index in [9.17, 15) is 13.2 Å². The zero-order chi connectivity index (χ0) is 15.2. The first-order chi connectivity index (χ1) is 9.33. The summed E-state index contributed by atoms with van der Waals surface area (Å²) in [5.41, 5.74) is 1.94. The van der Waals surface area contributed by atoms with Crippen LogP contribution in [-0.4, -0.2) is 26.3 Å². The molecule has 0 saturated heterocycles. The number of rotatable bonds is 7. The fourth-order valence-corrected chi connectivity index (χ4v) is 2.64. The Morgan fingerprint density at radius 1 is 1.30 bits per heavy atom. The molecule has 5 heteroatoms. The Bertz CT molecular complexity index is 552. The number of amides is 1. The molecule has 4 nitrogen and oxygen atoms in total. The molecule has 0 aliphatic carbocycles. The Morgan fingerprint density at radius 3 is 2.55 bits per heavy atom. The van der Waals surface area contributed by atoms with Crippen LogP contribution >= 0.6 is 0 Å². The van der Waals surface area contributed by atoms with Gasteiger partial charge in [-0.15, -0.1) is 0 Å². The molecule has 0 aromatic heterocycles. The molecule has 0 saturated carbocycles. The van der Waals surface area contributed by atoms with Crippen LogP contribution in [0.3, 0.4) is 0 Å². The highest BCUT2D eigenvalue weighted by Gasteiger charge is 2.11. The molecule has 0 bridgehead atoms. The van der Waals surface area contributed by atoms with Crippen LogP contribution < -0.4 is 5.32 Å². The van der Waals surface area contributed by atoms with Gasteiger partial charge in [0.1, 0.15) is 9.84 Å². The van der Waals surface area contributed by atoms with Crippen LogP contribution in [0.5, 0.6) is 0 Å². The minimum Gasteiger partial charge on any atom is -0.326 e. The van der Waals surface area contributed by atoms with Gasteiger partial charge in [-0.25, -0.2) is 8.42 Å². The average molecular weight is 297 g/mol. The zero-order valence-corrected chi connectivity index (χ0v) is 13.2. The van der Waals surface area contributed by atoms with Crippen molar-refractivity contribution in [2.75, 3.05) is 17.3 Å². The number of para-hydroxylation sites is 1. The van der Waals surface area contributed by atoms with E-state index in [1.165, 1.54) is 6.26 Å². The topological polar surface area (TPSA) is 63.2 Å². The maximum Gasteiger partial charge on any atom is 0.224 e. The minimum absolute atomic E-state index is 0.0490. The molecule has 0 spiro atoms. The molecule has 0 aliphatic rings. The van der Waals surface area contributed by atoms with E-state index >= 15 is 0 Å². The van der Waals surface area contributed by atoms with E-state index in [1.54, 1.807) is 0 Å². The summed E-state index contributed by atoms with van der Waals surface area (Å²) in [6, 6.07) is 7.75. The van der Waals surface area contributed by atoms with Crippen LogP contribution in [0.1, 0.15) is 44.6 Å². The number of sulfone groups is 1. The second kappa shape index (κ2) is 7.43. The summed E-state index contributed by atoms with van der Waals surface area (Å²) < 4.78 is 22.0. The summed E-state index contributed by atoms with van der Waals surface area (Å²) in [5, 5.41) is 2.88. The predicted octanol–water partition coefficient (Wildman–Crippen LogP) is 2.96. The largest absolute Gasteiger partial charge is 0.326 e. The van der Waals surface area contributed by atoms with Crippen molar-refractivity contribution in [1.82, 2.24) is 0 Å². The summed E-state index contributed by atoms with van der Waals surface area (Å²) in [5.74, 6) is 0.292. The summed E-state index contributed by atoms with van der Waals surface area (Å²) in [4.78, 5) is 11.9. The van der Waals surface area contributed by atoms with E-state index in [2.05, 4.69) is 19.2 Å². The lowest BCUT2D eigenvalue weighted by molar-refractivity contribution is -0.116. The second-order valence-corrected chi connectivity index (χ2v) is 7.44. The molecule has 0 fully saturated rings. The van der Waals surface area contributed by atoms with Crippen LogP contribution in [0.2, 0.25) is 0 Å². The quantitative estimate of drug-likeness (QED) is 0.841. The summed E-state index contributed by atoms with van der Waals surface area (Å²) >= 11 is 0. The SMILES string of the molecule is CCC(C)c1ccccc1NC(=O)CCCS(C)(=O)=O. The molecule has 1 aromatic rings. The number of carbonyl (C=O) groups excluding carboxylic acids is 1. The van der Waals surface area contributed by atoms with Crippen molar-refractivity contribution < 1.29 is 13.2 Å². The van der Waals surface area contributed by atoms with E-state index in [0.29, 0.717) is 12.3 Å². The van der Waals surface area contributed by atoms with Crippen molar-refractivity contribution in [2.45, 2.75) is 39.0 Å². The number of benzene rings is 1. The molecule has 20 heavy (non-hydrogen) atoms. The van der Waals surface area contributed by atoms with Crippen LogP contribution in [0.4, 0.5) is 5.69 Å². The summed E-state index contributed by atoms with van der Waals surface area (Å²) in [6.45, 7) is 4.23. The standard InChI is InChI=1S/C15H23NO3S/c1-4-12(2)13-8-5-6-9-14(13)16-15(17)10-7-11-20(3,18)19/h5-6,8-9,12H,4,7,10-11H2,1-3H3,(H,16,17). The molecule has 1 amide bonds. The third-order valence-corrected chi connectivity index (χ3v) is 4.33. The third kappa shape index (κ3) is 5.74. The molecular weight excluding hydrogens is 274 g/mol. The number of carbonyl (C=O) groups is 1. The van der Waals surface area contributed by atoms with Crippen LogP contribution in [0.15, 0.2) is 24.3 Å². The van der Waals surface area contributed by atoms with E-state index < -0.39 is 9.84 Å². The fraction of sp³-hybridized carbons (Fsp3) is 0.533. The first-order valence-electron chi connectivity index (χ1n) is 6.90. The fourth-order valence-electron chi connectivity index (χ4n) is 1.97. The first-order valence-corrected chi connectivity index (χ1v) is 8.96. The predicted molar refractivity (Wildman–Crippen MR) is 82.7 cm³/mol. The van der Waals surface area contributed by atoms with Gasteiger partial charge in [-0.3, -0.25) is 4.79 Å². The molecule has 1 aromatic carbocycles. The maximum absolute atomic E-state index is 11.9. The van der Waals surface area contributed by atoms with E-state index in [1.807, 2.05) is 24.3 Å². The number of hydrogen-bond donors (Lipinski definition) is 1. The Balaban J connectivity index is 2.62. The maximum atomic E-state index is 11.9. The van der Waals surface area contributed by atoms with Gasteiger partial charge in [0.2, 0.25) is 5.91 Å². The lowest BCUT2D eigenvalue weighted by Crippen LogP contribution is -2.15. The Labute approximate surface area is 121 Å². The van der Waals surface area contributed by atoms with Gasteiger partial charge in [0.15, 0.2) is 0 Å². The second-order valence-electron chi connectivity index (χ2n) is 5.18. The van der Waals surface area contributed by atoms with Crippen molar-refractivity contribution in [3.8, 4) is 0 Å². The van der Waals surface area contributed by atoms with E-state index in [0.717, 1.165) is 17.7 Å². The summed E-state index contributed by atoms with van der Waals surface area (Å²) in [7, 11) is -3.00. The van der Waals surface area contributed by atoms with Gasteiger partial charge >= 0.3 is 0 Å². The number of nitrogens with one attached hydrogen (secondary N) is 1. The molecule has 1 rings (SSSR count). The minimum atomic E-state index is -3.00. The molecule has 0 heterocycles. The van der Waals surface area contributed by atoms with Crippen molar-refractivity contribution in [2.24, 2.45) is 0 Å². The van der Waals surface area contributed by atoms with Crippen molar-refractivity contribution >= 4 is 21.4 Å². The smallest absolute Gasteiger partial charge is 0.224 e. The molecule has 1 N–H and O–H groups in total. The molecule has 1 unspecified atom stereocenters. The molecule has 1 atom stereocenters. The van der Waals surface area contributed by atoms with Crippen molar-refractivity contribution in [1.29, 1.82) is 0 Å². The average Bonchev–Trinajstić information content (AvgIpc) is 2.37. The van der Waals surface area contributed by atoms with Gasteiger partial charge in [0.25, 0.3) is 0 Å². The number of hydrogen-bond acceptors (Lipinski definition) is 3. The van der Waals surface area contributed by atoms with Gasteiger partial charge in [-0.2, -0.15) is 0 Å². The molecule has 0 aliphatic heterocycles. The van der Waals surface area contributed by atoms with Gasteiger partial charge < -0.3 is 5.32 Å². The van der Waals surface area contributed by atoms with E-state index in [4.69, 9.17) is 0 Å². The number of anilines is 1. The van der Waals surface area contributed by atoms with Crippen LogP contribution in [-0.2, 0) is 14.6 Å². The van der Waals surface area contributed by atoms with Crippen molar-refractivity contribution in [3.05, 3.63) is 29.8 Å². The van der Waals surface area contributed by atoms with Gasteiger partial charge in [0, 0.05) is 18.4 Å². The first kappa shape index (κ1) is 16.7. The van der Waals surface area contributed by atoms with Gasteiger partial charge in [-0.1, -0.05) is 32.0 Å². The van der Waals surface area contributed by atoms with Crippen LogP contribution in [0.25, 0.3) is 0 Å². The lowest BCUT2D eigenvalue weighted by Gasteiger charge is -2.15. The van der Waals surface area contributed by atoms with Gasteiger partial charge in [-0.05, 0) is 30.4 Å². The Morgan fingerprint density at radius 2 is 1.95 bits per heavy atom. The molecule has 0 radical (unpaired) electrons. The van der Waals surface area contributed by atoms with Gasteiger partial charge in [0.05, 0.1) is 5.75 Å². The van der Waals surface area contributed by atoms with Crippen LogP contribution in [0, 0.1) is 0 Å². The zero-order valence-electron chi connectivity index (χ0n) is 12.3. The highest BCUT2D eigenvalue weighted by molar-refractivity contribution is 7.90. The Hall–Kier alpha value is -1.36. The normalized spacial score (nSPS) is 12.9. The van der Waals surface area contributed by atoms with Crippen molar-refractivity contribution in [3.63, 3.8) is 0 Å². The monoisotopic (exact) mass is 297 g/mol. The lowest BCUT2D eigenvalue weighted by atomic mass is 9.97. The highest BCUT2D eigenvalue weighted by Crippen LogP contribution is 2.26. The Kier molecular flexibility index (Phi) is 6.20. The molecular formula is C15H23NO3S. The van der Waals surface area contributed by atoms with E-state index in [-0.39, 0.29) is 18.1 Å². The summed E-state index contributed by atoms with van der Waals surface area (Å²) in [6.07, 6.45) is 2.77. The third-order valence-electron chi connectivity index (χ3n) is 3.30. The highest BCUT2D eigenvalue weighted by atomic mass is 32.2.